The highest BCUT2D eigenvalue weighted by molar-refractivity contribution is 6.35. The Morgan fingerprint density at radius 1 is 0.435 bits per heavy atom. The quantitative estimate of drug-likeness (QED) is 0.422. The van der Waals surface area contributed by atoms with Gasteiger partial charge in [0.2, 0.25) is 0 Å². The molecule has 0 aliphatic rings. The summed E-state index contributed by atoms with van der Waals surface area (Å²) in [6, 6.07) is 14.9. The highest BCUT2D eigenvalue weighted by atomic mass is 35.5. The van der Waals surface area contributed by atoms with Crippen molar-refractivity contribution in [1.82, 2.24) is 0 Å². The van der Waals surface area contributed by atoms with Crippen molar-refractivity contribution in [2.24, 2.45) is 0 Å². The third-order valence-corrected chi connectivity index (χ3v) is 4.16. The van der Waals surface area contributed by atoms with E-state index in [1.54, 1.807) is 36.4 Å². The SMILES string of the molecule is Fc1cc(-c2cc(Cl)cc(Cl)c2)cc(-c2cc(Cl)cc(Cl)c2)c1. The maximum Gasteiger partial charge on any atom is 0.124 e. The Morgan fingerprint density at radius 2 is 0.739 bits per heavy atom. The molecule has 0 saturated heterocycles. The van der Waals surface area contributed by atoms with Gasteiger partial charge in [0, 0.05) is 20.1 Å². The molecule has 3 aromatic carbocycles. The van der Waals surface area contributed by atoms with E-state index in [4.69, 9.17) is 46.4 Å². The Labute approximate surface area is 153 Å². The average molecular weight is 386 g/mol. The molecule has 0 amide bonds. The lowest BCUT2D eigenvalue weighted by Crippen LogP contribution is -1.86. The first-order valence-electron chi connectivity index (χ1n) is 6.64. The number of rotatable bonds is 2. The van der Waals surface area contributed by atoms with Gasteiger partial charge in [-0.1, -0.05) is 46.4 Å². The lowest BCUT2D eigenvalue weighted by atomic mass is 9.99. The second-order valence-electron chi connectivity index (χ2n) is 5.04. The zero-order chi connectivity index (χ0) is 16.6. The fourth-order valence-corrected chi connectivity index (χ4v) is 3.42. The summed E-state index contributed by atoms with van der Waals surface area (Å²) in [5.74, 6) is -0.371. The van der Waals surface area contributed by atoms with Gasteiger partial charge in [-0.25, -0.2) is 4.39 Å². The Hall–Kier alpha value is -1.25. The number of hydrogen-bond donors (Lipinski definition) is 0. The molecule has 5 heteroatoms. The van der Waals surface area contributed by atoms with E-state index >= 15 is 0 Å². The molecule has 0 unspecified atom stereocenters. The normalized spacial score (nSPS) is 10.8. The standard InChI is InChI=1S/C18H9Cl4F/c19-14-2-12(3-15(20)8-14)10-1-11(7-18(23)6-10)13-4-16(21)9-17(22)5-13/h1-9H. The van der Waals surface area contributed by atoms with Gasteiger partial charge in [-0.05, 0) is 76.9 Å². The largest absolute Gasteiger partial charge is 0.207 e. The van der Waals surface area contributed by atoms with Crippen LogP contribution in [0.5, 0.6) is 0 Å². The van der Waals surface area contributed by atoms with Crippen molar-refractivity contribution in [2.45, 2.75) is 0 Å². The Bertz CT molecular complexity index is 780. The third kappa shape index (κ3) is 3.99. The van der Waals surface area contributed by atoms with Crippen molar-refractivity contribution in [1.29, 1.82) is 0 Å². The van der Waals surface area contributed by atoms with Crippen LogP contribution in [0.2, 0.25) is 20.1 Å². The minimum absolute atomic E-state index is 0.371. The van der Waals surface area contributed by atoms with E-state index in [0.717, 1.165) is 11.1 Å². The van der Waals surface area contributed by atoms with Crippen molar-refractivity contribution in [2.75, 3.05) is 0 Å². The highest BCUT2D eigenvalue weighted by Gasteiger charge is 2.08. The third-order valence-electron chi connectivity index (χ3n) is 3.29. The molecule has 0 bridgehead atoms. The molecule has 3 rings (SSSR count). The van der Waals surface area contributed by atoms with E-state index < -0.39 is 0 Å². The molecule has 0 heterocycles. The molecule has 0 fully saturated rings. The van der Waals surface area contributed by atoms with Gasteiger partial charge >= 0.3 is 0 Å². The van der Waals surface area contributed by atoms with Gasteiger partial charge in [-0.2, -0.15) is 0 Å². The van der Waals surface area contributed by atoms with Crippen molar-refractivity contribution in [3.8, 4) is 22.3 Å². The van der Waals surface area contributed by atoms with Gasteiger partial charge in [0.15, 0.2) is 0 Å². The maximum atomic E-state index is 14.1. The highest BCUT2D eigenvalue weighted by Crippen LogP contribution is 2.33. The van der Waals surface area contributed by atoms with E-state index in [9.17, 15) is 4.39 Å². The molecule has 0 aliphatic carbocycles. The molecule has 0 N–H and O–H groups in total. The molecule has 0 aliphatic heterocycles. The number of hydrogen-bond acceptors (Lipinski definition) is 0. The Morgan fingerprint density at radius 3 is 1.09 bits per heavy atom. The second-order valence-corrected chi connectivity index (χ2v) is 6.79. The first-order chi connectivity index (χ1) is 10.9. The summed E-state index contributed by atoms with van der Waals surface area (Å²) in [7, 11) is 0. The van der Waals surface area contributed by atoms with Gasteiger partial charge in [0.05, 0.1) is 0 Å². The minimum atomic E-state index is -0.371. The van der Waals surface area contributed by atoms with Gasteiger partial charge in [-0.3, -0.25) is 0 Å². The zero-order valence-corrected chi connectivity index (χ0v) is 14.6. The minimum Gasteiger partial charge on any atom is -0.207 e. The summed E-state index contributed by atoms with van der Waals surface area (Å²) in [6.45, 7) is 0. The molecule has 0 atom stereocenters. The van der Waals surface area contributed by atoms with Crippen LogP contribution in [0.15, 0.2) is 54.6 Å². The van der Waals surface area contributed by atoms with Crippen LogP contribution in [0.3, 0.4) is 0 Å². The first-order valence-corrected chi connectivity index (χ1v) is 8.15. The fraction of sp³-hybridized carbons (Fsp3) is 0. The second kappa shape index (κ2) is 6.70. The molecule has 0 aromatic heterocycles. The van der Waals surface area contributed by atoms with Crippen LogP contribution in [0.1, 0.15) is 0 Å². The van der Waals surface area contributed by atoms with Gasteiger partial charge < -0.3 is 0 Å². The van der Waals surface area contributed by atoms with E-state index in [0.29, 0.717) is 31.2 Å². The molecule has 0 spiro atoms. The summed E-state index contributed by atoms with van der Waals surface area (Å²) >= 11 is 24.1. The van der Waals surface area contributed by atoms with Gasteiger partial charge in [-0.15, -0.1) is 0 Å². The molecule has 3 aromatic rings. The van der Waals surface area contributed by atoms with Crippen molar-refractivity contribution in [3.63, 3.8) is 0 Å². The van der Waals surface area contributed by atoms with Crippen molar-refractivity contribution < 1.29 is 4.39 Å². The van der Waals surface area contributed by atoms with Crippen LogP contribution in [0.4, 0.5) is 4.39 Å². The van der Waals surface area contributed by atoms with Gasteiger partial charge in [0.1, 0.15) is 5.82 Å². The predicted octanol–water partition coefficient (Wildman–Crippen LogP) is 7.77. The van der Waals surface area contributed by atoms with Crippen LogP contribution < -0.4 is 0 Å². The maximum absolute atomic E-state index is 14.1. The molecular formula is C18H9Cl4F. The summed E-state index contributed by atoms with van der Waals surface area (Å²) in [6.07, 6.45) is 0. The molecule has 0 nitrogen and oxygen atoms in total. The van der Waals surface area contributed by atoms with Crippen LogP contribution in [0.25, 0.3) is 22.3 Å². The average Bonchev–Trinajstić information content (AvgIpc) is 2.44. The topological polar surface area (TPSA) is 0 Å². The molecule has 0 saturated carbocycles. The molecule has 23 heavy (non-hydrogen) atoms. The van der Waals surface area contributed by atoms with E-state index in [2.05, 4.69) is 0 Å². The summed E-state index contributed by atoms with van der Waals surface area (Å²) in [5.41, 5.74) is 2.80. The zero-order valence-electron chi connectivity index (χ0n) is 11.6. The summed E-state index contributed by atoms with van der Waals surface area (Å²) in [4.78, 5) is 0. The lowest BCUT2D eigenvalue weighted by Gasteiger charge is -2.09. The Kier molecular flexibility index (Phi) is 4.84. The van der Waals surface area contributed by atoms with Crippen LogP contribution in [-0.2, 0) is 0 Å². The summed E-state index contributed by atoms with van der Waals surface area (Å²) < 4.78 is 14.1. The van der Waals surface area contributed by atoms with E-state index in [1.807, 2.05) is 6.07 Å². The molecular weight excluding hydrogens is 377 g/mol. The van der Waals surface area contributed by atoms with E-state index in [1.165, 1.54) is 12.1 Å². The Balaban J connectivity index is 2.16. The lowest BCUT2D eigenvalue weighted by molar-refractivity contribution is 0.629. The van der Waals surface area contributed by atoms with Crippen LogP contribution >= 0.6 is 46.4 Å². The van der Waals surface area contributed by atoms with Crippen LogP contribution in [0, 0.1) is 5.82 Å². The van der Waals surface area contributed by atoms with Gasteiger partial charge in [0.25, 0.3) is 0 Å². The first kappa shape index (κ1) is 16.6. The predicted molar refractivity (Wildman–Crippen MR) is 97.3 cm³/mol. The van der Waals surface area contributed by atoms with Crippen LogP contribution in [-0.4, -0.2) is 0 Å². The molecule has 0 radical (unpaired) electrons. The van der Waals surface area contributed by atoms with Crippen molar-refractivity contribution >= 4 is 46.4 Å². The van der Waals surface area contributed by atoms with E-state index in [-0.39, 0.29) is 5.82 Å². The van der Waals surface area contributed by atoms with Crippen molar-refractivity contribution in [3.05, 3.63) is 80.5 Å². The molecule has 116 valence electrons. The summed E-state index contributed by atoms with van der Waals surface area (Å²) in [5, 5.41) is 1.96. The smallest absolute Gasteiger partial charge is 0.124 e. The number of halogens is 5. The fourth-order valence-electron chi connectivity index (χ4n) is 2.36. The number of benzene rings is 3. The monoisotopic (exact) mass is 384 g/mol.